The zero-order valence-corrected chi connectivity index (χ0v) is 8.90. The normalized spacial score (nSPS) is 30.7. The predicted molar refractivity (Wildman–Crippen MR) is 59.1 cm³/mol. The second-order valence-electron chi connectivity index (χ2n) is 4.48. The molecule has 1 aliphatic carbocycles. The van der Waals surface area contributed by atoms with Crippen LogP contribution in [0, 0.1) is 6.92 Å². The number of nitrogens with zero attached hydrogens (tertiary/aromatic N) is 1. The van der Waals surface area contributed by atoms with Gasteiger partial charge in [-0.05, 0) is 37.8 Å². The van der Waals surface area contributed by atoms with E-state index in [2.05, 4.69) is 4.98 Å². The minimum absolute atomic E-state index is 0.0647. The second kappa shape index (κ2) is 3.47. The van der Waals surface area contributed by atoms with Crippen LogP contribution in [-0.2, 0) is 5.60 Å². The number of aromatic nitrogens is 1. The molecule has 1 fully saturated rings. The Bertz CT molecular complexity index is 380. The van der Waals surface area contributed by atoms with Crippen LogP contribution < -0.4 is 11.5 Å². The van der Waals surface area contributed by atoms with Crippen LogP contribution in [0.4, 0.5) is 5.82 Å². The molecule has 0 amide bonds. The molecule has 2 rings (SSSR count). The first-order valence-electron chi connectivity index (χ1n) is 5.22. The molecule has 4 nitrogen and oxygen atoms in total. The van der Waals surface area contributed by atoms with Crippen LogP contribution in [-0.4, -0.2) is 16.1 Å². The van der Waals surface area contributed by atoms with E-state index in [4.69, 9.17) is 11.5 Å². The zero-order chi connectivity index (χ0) is 11.1. The molecule has 1 aromatic rings. The third-order valence-electron chi connectivity index (χ3n) is 3.09. The molecule has 2 unspecified atom stereocenters. The van der Waals surface area contributed by atoms with E-state index < -0.39 is 5.60 Å². The summed E-state index contributed by atoms with van der Waals surface area (Å²) in [7, 11) is 0. The Morgan fingerprint density at radius 2 is 2.33 bits per heavy atom. The second-order valence-corrected chi connectivity index (χ2v) is 4.48. The van der Waals surface area contributed by atoms with Gasteiger partial charge in [0.15, 0.2) is 0 Å². The number of hydrogen-bond donors (Lipinski definition) is 3. The van der Waals surface area contributed by atoms with Gasteiger partial charge in [-0.15, -0.1) is 0 Å². The van der Waals surface area contributed by atoms with Crippen molar-refractivity contribution < 1.29 is 5.11 Å². The van der Waals surface area contributed by atoms with Crippen molar-refractivity contribution in [2.24, 2.45) is 5.73 Å². The largest absolute Gasteiger partial charge is 0.385 e. The van der Waals surface area contributed by atoms with Crippen molar-refractivity contribution in [3.63, 3.8) is 0 Å². The molecule has 4 heteroatoms. The Morgan fingerprint density at radius 1 is 1.60 bits per heavy atom. The maximum atomic E-state index is 10.4. The van der Waals surface area contributed by atoms with Gasteiger partial charge >= 0.3 is 0 Å². The fourth-order valence-electron chi connectivity index (χ4n) is 2.26. The van der Waals surface area contributed by atoms with Crippen LogP contribution in [0.2, 0.25) is 0 Å². The molecule has 0 bridgehead atoms. The highest BCUT2D eigenvalue weighted by Gasteiger charge is 2.38. The van der Waals surface area contributed by atoms with Crippen molar-refractivity contribution in [1.82, 2.24) is 4.98 Å². The van der Waals surface area contributed by atoms with E-state index in [9.17, 15) is 5.11 Å². The van der Waals surface area contributed by atoms with Gasteiger partial charge in [-0.2, -0.15) is 0 Å². The van der Waals surface area contributed by atoms with Gasteiger partial charge in [0.2, 0.25) is 0 Å². The standard InChI is InChI=1S/C11H17N3O/c1-7-4-9(10(13)14-6-7)11(15)3-2-8(12)5-11/h4,6,8,15H,2-3,5,12H2,1H3,(H2,13,14). The van der Waals surface area contributed by atoms with Crippen molar-refractivity contribution in [1.29, 1.82) is 0 Å². The molecule has 0 spiro atoms. The predicted octanol–water partition coefficient (Wildman–Crippen LogP) is 0.671. The van der Waals surface area contributed by atoms with E-state index in [1.807, 2.05) is 13.0 Å². The lowest BCUT2D eigenvalue weighted by molar-refractivity contribution is 0.0435. The van der Waals surface area contributed by atoms with Crippen molar-refractivity contribution in [2.75, 3.05) is 5.73 Å². The summed E-state index contributed by atoms with van der Waals surface area (Å²) >= 11 is 0. The lowest BCUT2D eigenvalue weighted by Crippen LogP contribution is -2.27. The number of rotatable bonds is 1. The van der Waals surface area contributed by atoms with Crippen molar-refractivity contribution >= 4 is 5.82 Å². The minimum Gasteiger partial charge on any atom is -0.385 e. The Kier molecular flexibility index (Phi) is 2.40. The van der Waals surface area contributed by atoms with E-state index in [1.54, 1.807) is 6.20 Å². The van der Waals surface area contributed by atoms with Crippen molar-refractivity contribution in [3.8, 4) is 0 Å². The summed E-state index contributed by atoms with van der Waals surface area (Å²) in [6, 6.07) is 1.97. The minimum atomic E-state index is -0.872. The summed E-state index contributed by atoms with van der Waals surface area (Å²) < 4.78 is 0. The molecule has 5 N–H and O–H groups in total. The number of aliphatic hydroxyl groups is 1. The molecule has 82 valence electrons. The Hall–Kier alpha value is -1.13. The Labute approximate surface area is 89.3 Å². The number of anilines is 1. The number of hydrogen-bond acceptors (Lipinski definition) is 4. The summed E-state index contributed by atoms with van der Waals surface area (Å²) in [5, 5.41) is 10.4. The van der Waals surface area contributed by atoms with Gasteiger partial charge < -0.3 is 16.6 Å². The molecule has 1 aliphatic rings. The quantitative estimate of drug-likeness (QED) is 0.632. The topological polar surface area (TPSA) is 85.2 Å². The monoisotopic (exact) mass is 207 g/mol. The molecule has 0 aromatic carbocycles. The SMILES string of the molecule is Cc1cnc(N)c(C2(O)CCC(N)C2)c1. The van der Waals surface area contributed by atoms with Crippen LogP contribution in [0.1, 0.15) is 30.4 Å². The lowest BCUT2D eigenvalue weighted by Gasteiger charge is -2.24. The molecule has 1 heterocycles. The van der Waals surface area contributed by atoms with Crippen LogP contribution in [0.25, 0.3) is 0 Å². The molecular weight excluding hydrogens is 190 g/mol. The summed E-state index contributed by atoms with van der Waals surface area (Å²) in [6.07, 6.45) is 3.78. The first-order chi connectivity index (χ1) is 7.01. The molecule has 0 radical (unpaired) electrons. The highest BCUT2D eigenvalue weighted by atomic mass is 16.3. The van der Waals surface area contributed by atoms with Crippen molar-refractivity contribution in [3.05, 3.63) is 23.4 Å². The molecule has 1 aromatic heterocycles. The number of nitrogens with two attached hydrogens (primary N) is 2. The lowest BCUT2D eigenvalue weighted by atomic mass is 9.91. The molecular formula is C11H17N3O. The van der Waals surface area contributed by atoms with Crippen molar-refractivity contribution in [2.45, 2.75) is 37.8 Å². The molecule has 0 aliphatic heterocycles. The van der Waals surface area contributed by atoms with Gasteiger partial charge in [-0.1, -0.05) is 0 Å². The summed E-state index contributed by atoms with van der Waals surface area (Å²) in [6.45, 7) is 1.94. The van der Waals surface area contributed by atoms with Gasteiger partial charge in [0, 0.05) is 17.8 Å². The van der Waals surface area contributed by atoms with E-state index >= 15 is 0 Å². The Morgan fingerprint density at radius 3 is 2.93 bits per heavy atom. The molecule has 1 saturated carbocycles. The van der Waals surface area contributed by atoms with E-state index in [0.717, 1.165) is 17.5 Å². The summed E-state index contributed by atoms with van der Waals surface area (Å²) in [5.74, 6) is 0.414. The van der Waals surface area contributed by atoms with E-state index in [0.29, 0.717) is 18.7 Å². The summed E-state index contributed by atoms with van der Waals surface area (Å²) in [4.78, 5) is 4.07. The molecule has 0 saturated heterocycles. The van der Waals surface area contributed by atoms with E-state index in [1.165, 1.54) is 0 Å². The smallest absolute Gasteiger partial charge is 0.129 e. The number of pyridine rings is 1. The number of aryl methyl sites for hydroxylation is 1. The van der Waals surface area contributed by atoms with Crippen LogP contribution >= 0.6 is 0 Å². The van der Waals surface area contributed by atoms with Gasteiger partial charge in [0.25, 0.3) is 0 Å². The molecule has 2 atom stereocenters. The van der Waals surface area contributed by atoms with Gasteiger partial charge in [-0.3, -0.25) is 0 Å². The van der Waals surface area contributed by atoms with Crippen LogP contribution in [0.5, 0.6) is 0 Å². The fourth-order valence-corrected chi connectivity index (χ4v) is 2.26. The first kappa shape index (κ1) is 10.4. The Balaban J connectivity index is 2.40. The maximum Gasteiger partial charge on any atom is 0.129 e. The highest BCUT2D eigenvalue weighted by Crippen LogP contribution is 2.40. The van der Waals surface area contributed by atoms with Crippen LogP contribution in [0.15, 0.2) is 12.3 Å². The number of nitrogen functional groups attached to an aromatic ring is 1. The van der Waals surface area contributed by atoms with Gasteiger partial charge in [0.1, 0.15) is 5.82 Å². The third-order valence-corrected chi connectivity index (χ3v) is 3.09. The highest BCUT2D eigenvalue weighted by molar-refractivity contribution is 5.45. The van der Waals surface area contributed by atoms with Gasteiger partial charge in [0.05, 0.1) is 5.60 Å². The maximum absolute atomic E-state index is 10.4. The zero-order valence-electron chi connectivity index (χ0n) is 8.90. The fraction of sp³-hybridized carbons (Fsp3) is 0.545. The average Bonchev–Trinajstić information content (AvgIpc) is 2.52. The third kappa shape index (κ3) is 1.82. The average molecular weight is 207 g/mol. The summed E-state index contributed by atoms with van der Waals surface area (Å²) in [5.41, 5.74) is 12.5. The first-order valence-corrected chi connectivity index (χ1v) is 5.22. The van der Waals surface area contributed by atoms with Crippen LogP contribution in [0.3, 0.4) is 0 Å². The molecule has 15 heavy (non-hydrogen) atoms. The van der Waals surface area contributed by atoms with E-state index in [-0.39, 0.29) is 6.04 Å². The van der Waals surface area contributed by atoms with Gasteiger partial charge in [-0.25, -0.2) is 4.98 Å².